The topological polar surface area (TPSA) is 15.3 Å². The van der Waals surface area contributed by atoms with Gasteiger partial charge in [-0.1, -0.05) is 6.92 Å². The third-order valence-electron chi connectivity index (χ3n) is 4.32. The smallest absolute Gasteiger partial charge is 0.123 e. The van der Waals surface area contributed by atoms with Crippen molar-refractivity contribution >= 4 is 5.69 Å². The van der Waals surface area contributed by atoms with Crippen LogP contribution >= 0.6 is 0 Å². The van der Waals surface area contributed by atoms with Crippen LogP contribution < -0.4 is 10.2 Å². The maximum atomic E-state index is 13.5. The van der Waals surface area contributed by atoms with Crippen molar-refractivity contribution in [1.82, 2.24) is 5.32 Å². The number of nitrogens with zero attached hydrogens (tertiary/aromatic N) is 1. The van der Waals surface area contributed by atoms with Crippen LogP contribution in [0.15, 0.2) is 18.2 Å². The minimum absolute atomic E-state index is 0.154. The van der Waals surface area contributed by atoms with E-state index in [4.69, 9.17) is 0 Å². The Morgan fingerprint density at radius 1 is 1.32 bits per heavy atom. The van der Waals surface area contributed by atoms with Gasteiger partial charge in [0.15, 0.2) is 0 Å². The summed E-state index contributed by atoms with van der Waals surface area (Å²) in [7, 11) is 1.92. The molecular weight excluding hydrogens is 239 g/mol. The van der Waals surface area contributed by atoms with Gasteiger partial charge in [0.25, 0.3) is 0 Å². The molecule has 1 saturated heterocycles. The Labute approximate surface area is 116 Å². The van der Waals surface area contributed by atoms with Crippen molar-refractivity contribution in [2.24, 2.45) is 5.92 Å². The van der Waals surface area contributed by atoms with Gasteiger partial charge in [-0.3, -0.25) is 0 Å². The molecule has 0 radical (unpaired) electrons. The quantitative estimate of drug-likeness (QED) is 0.895. The van der Waals surface area contributed by atoms with Gasteiger partial charge in [0.2, 0.25) is 0 Å². The van der Waals surface area contributed by atoms with Gasteiger partial charge in [0, 0.05) is 24.3 Å². The van der Waals surface area contributed by atoms with Crippen molar-refractivity contribution in [3.05, 3.63) is 29.6 Å². The zero-order valence-corrected chi connectivity index (χ0v) is 12.4. The fourth-order valence-corrected chi connectivity index (χ4v) is 2.91. The summed E-state index contributed by atoms with van der Waals surface area (Å²) in [5, 5.41) is 3.22. The molecule has 1 aliphatic heterocycles. The van der Waals surface area contributed by atoms with Gasteiger partial charge in [0.1, 0.15) is 5.82 Å². The van der Waals surface area contributed by atoms with Crippen LogP contribution in [0.2, 0.25) is 0 Å². The van der Waals surface area contributed by atoms with Crippen LogP contribution in [0.4, 0.5) is 10.1 Å². The molecule has 19 heavy (non-hydrogen) atoms. The third kappa shape index (κ3) is 3.08. The summed E-state index contributed by atoms with van der Waals surface area (Å²) in [5.74, 6) is 0.553. The van der Waals surface area contributed by atoms with E-state index in [2.05, 4.69) is 31.0 Å². The number of piperidine rings is 1. The Morgan fingerprint density at radius 2 is 2.05 bits per heavy atom. The maximum Gasteiger partial charge on any atom is 0.123 e. The van der Waals surface area contributed by atoms with Crippen LogP contribution in [0, 0.1) is 11.7 Å². The highest BCUT2D eigenvalue weighted by atomic mass is 19.1. The summed E-state index contributed by atoms with van der Waals surface area (Å²) in [6, 6.07) is 5.88. The number of halogens is 1. The number of hydrogen-bond donors (Lipinski definition) is 1. The summed E-state index contributed by atoms with van der Waals surface area (Å²) in [6.45, 7) is 7.71. The second-order valence-electron chi connectivity index (χ2n) is 5.90. The number of hydrogen-bond acceptors (Lipinski definition) is 2. The molecule has 1 fully saturated rings. The van der Waals surface area contributed by atoms with Crippen LogP contribution in [0.3, 0.4) is 0 Å². The first kappa shape index (κ1) is 14.3. The van der Waals surface area contributed by atoms with Crippen LogP contribution in [0.25, 0.3) is 0 Å². The molecule has 1 aliphatic rings. The molecule has 0 spiro atoms. The number of rotatable bonds is 3. The highest BCUT2D eigenvalue weighted by Crippen LogP contribution is 2.33. The lowest BCUT2D eigenvalue weighted by Gasteiger charge is -2.40. The van der Waals surface area contributed by atoms with E-state index >= 15 is 0 Å². The van der Waals surface area contributed by atoms with Crippen LogP contribution in [-0.4, -0.2) is 19.6 Å². The second-order valence-corrected chi connectivity index (χ2v) is 5.90. The minimum Gasteiger partial charge on any atom is -0.368 e. The third-order valence-corrected chi connectivity index (χ3v) is 4.32. The maximum absolute atomic E-state index is 13.5. The van der Waals surface area contributed by atoms with Gasteiger partial charge >= 0.3 is 0 Å². The minimum atomic E-state index is -0.154. The molecular formula is C16H25FN2. The Bertz CT molecular complexity index is 433. The van der Waals surface area contributed by atoms with E-state index in [0.717, 1.165) is 12.1 Å². The van der Waals surface area contributed by atoms with E-state index in [0.29, 0.717) is 12.0 Å². The van der Waals surface area contributed by atoms with E-state index < -0.39 is 0 Å². The monoisotopic (exact) mass is 264 g/mol. The molecule has 2 rings (SSSR count). The number of anilines is 1. The molecule has 0 aromatic heterocycles. The molecule has 1 heterocycles. The van der Waals surface area contributed by atoms with Crippen molar-refractivity contribution < 1.29 is 4.39 Å². The molecule has 1 N–H and O–H groups in total. The zero-order chi connectivity index (χ0) is 14.0. The first-order valence-electron chi connectivity index (χ1n) is 7.26. The average Bonchev–Trinajstić information content (AvgIpc) is 2.41. The van der Waals surface area contributed by atoms with Crippen molar-refractivity contribution in [2.75, 3.05) is 18.5 Å². The first-order chi connectivity index (χ1) is 9.02. The lowest BCUT2D eigenvalue weighted by molar-refractivity contribution is 0.389. The Hall–Kier alpha value is -1.09. The van der Waals surface area contributed by atoms with Gasteiger partial charge < -0.3 is 10.2 Å². The van der Waals surface area contributed by atoms with Gasteiger partial charge in [-0.15, -0.1) is 0 Å². The molecule has 2 nitrogen and oxygen atoms in total. The van der Waals surface area contributed by atoms with E-state index in [1.54, 1.807) is 12.1 Å². The highest BCUT2D eigenvalue weighted by molar-refractivity contribution is 5.56. The molecule has 3 heteroatoms. The zero-order valence-electron chi connectivity index (χ0n) is 12.4. The summed E-state index contributed by atoms with van der Waals surface area (Å²) >= 11 is 0. The van der Waals surface area contributed by atoms with Gasteiger partial charge in [0.05, 0.1) is 0 Å². The van der Waals surface area contributed by atoms with E-state index in [9.17, 15) is 4.39 Å². The Kier molecular flexibility index (Phi) is 4.46. The normalized spacial score (nSPS) is 25.4. The van der Waals surface area contributed by atoms with Crippen molar-refractivity contribution in [1.29, 1.82) is 0 Å². The van der Waals surface area contributed by atoms with Gasteiger partial charge in [-0.05, 0) is 63.4 Å². The summed E-state index contributed by atoms with van der Waals surface area (Å²) < 4.78 is 13.5. The van der Waals surface area contributed by atoms with Crippen LogP contribution in [-0.2, 0) is 0 Å². The highest BCUT2D eigenvalue weighted by Gasteiger charge is 2.25. The van der Waals surface area contributed by atoms with Crippen molar-refractivity contribution in [3.8, 4) is 0 Å². The molecule has 0 bridgehead atoms. The van der Waals surface area contributed by atoms with Crippen LogP contribution in [0.1, 0.15) is 45.2 Å². The fourth-order valence-electron chi connectivity index (χ4n) is 2.91. The SMILES string of the molecule is CNC(C)c1cc(F)ccc1N1CC(C)CCC1C. The number of benzene rings is 1. The van der Waals surface area contributed by atoms with E-state index in [1.165, 1.54) is 18.5 Å². The summed E-state index contributed by atoms with van der Waals surface area (Å²) in [6.07, 6.45) is 2.50. The van der Waals surface area contributed by atoms with Crippen molar-refractivity contribution in [3.63, 3.8) is 0 Å². The van der Waals surface area contributed by atoms with Gasteiger partial charge in [-0.2, -0.15) is 0 Å². The molecule has 1 aromatic rings. The average molecular weight is 264 g/mol. The predicted octanol–water partition coefficient (Wildman–Crippen LogP) is 3.73. The second kappa shape index (κ2) is 5.91. The molecule has 0 amide bonds. The van der Waals surface area contributed by atoms with Crippen LogP contribution in [0.5, 0.6) is 0 Å². The van der Waals surface area contributed by atoms with E-state index in [-0.39, 0.29) is 11.9 Å². The predicted molar refractivity (Wildman–Crippen MR) is 79.1 cm³/mol. The van der Waals surface area contributed by atoms with Gasteiger partial charge in [-0.25, -0.2) is 4.39 Å². The fraction of sp³-hybridized carbons (Fsp3) is 0.625. The molecule has 1 aromatic carbocycles. The largest absolute Gasteiger partial charge is 0.368 e. The summed E-state index contributed by atoms with van der Waals surface area (Å²) in [5.41, 5.74) is 2.24. The summed E-state index contributed by atoms with van der Waals surface area (Å²) in [4.78, 5) is 2.44. The standard InChI is InChI=1S/C16H25FN2/c1-11-5-6-12(2)19(10-11)16-8-7-14(17)9-15(16)13(3)18-4/h7-9,11-13,18H,5-6,10H2,1-4H3. The lowest BCUT2D eigenvalue weighted by atomic mass is 9.93. The van der Waals surface area contributed by atoms with E-state index in [1.807, 2.05) is 13.1 Å². The van der Waals surface area contributed by atoms with Crippen molar-refractivity contribution in [2.45, 2.75) is 45.7 Å². The number of nitrogens with one attached hydrogen (secondary N) is 1. The molecule has 3 atom stereocenters. The molecule has 0 aliphatic carbocycles. The lowest BCUT2D eigenvalue weighted by Crippen LogP contribution is -2.42. The molecule has 0 saturated carbocycles. The first-order valence-corrected chi connectivity index (χ1v) is 7.26. The molecule has 3 unspecified atom stereocenters. The molecule has 106 valence electrons. The Morgan fingerprint density at radius 3 is 2.74 bits per heavy atom. The Balaban J connectivity index is 2.37.